The van der Waals surface area contributed by atoms with Crippen LogP contribution in [-0.2, 0) is 0 Å². The molecule has 2 heterocycles. The minimum Gasteiger partial charge on any atom is -0.505 e. The predicted molar refractivity (Wildman–Crippen MR) is 99.5 cm³/mol. The third-order valence-electron chi connectivity index (χ3n) is 4.68. The topological polar surface area (TPSA) is 26.7 Å². The number of nitrogens with zero attached hydrogens (tertiary/aromatic N) is 2. The van der Waals surface area contributed by atoms with E-state index in [1.165, 1.54) is 44.2 Å². The molecular formula is C17H28Cl2N2O. The minimum atomic E-state index is 0. The van der Waals surface area contributed by atoms with Crippen molar-refractivity contribution in [2.75, 3.05) is 36.0 Å². The van der Waals surface area contributed by atoms with E-state index in [1.807, 2.05) is 6.92 Å². The summed E-state index contributed by atoms with van der Waals surface area (Å²) in [4.78, 5) is 4.84. The van der Waals surface area contributed by atoms with Gasteiger partial charge in [0.2, 0.25) is 0 Å². The number of anilines is 2. The number of rotatable bonds is 2. The second-order valence-electron chi connectivity index (χ2n) is 6.23. The van der Waals surface area contributed by atoms with Crippen LogP contribution < -0.4 is 9.80 Å². The Morgan fingerprint density at radius 2 is 1.27 bits per heavy atom. The summed E-state index contributed by atoms with van der Waals surface area (Å²) in [6.45, 7) is 6.50. The van der Waals surface area contributed by atoms with Crippen molar-refractivity contribution in [3.8, 4) is 5.75 Å². The van der Waals surface area contributed by atoms with Crippen LogP contribution in [0.3, 0.4) is 0 Å². The summed E-state index contributed by atoms with van der Waals surface area (Å²) in [5.74, 6) is 0.479. The second-order valence-corrected chi connectivity index (χ2v) is 6.23. The van der Waals surface area contributed by atoms with Crippen LogP contribution >= 0.6 is 24.8 Å². The third kappa shape index (κ3) is 4.14. The smallest absolute Gasteiger partial charge is 0.141 e. The van der Waals surface area contributed by atoms with E-state index in [4.69, 9.17) is 0 Å². The van der Waals surface area contributed by atoms with E-state index in [-0.39, 0.29) is 24.8 Å². The van der Waals surface area contributed by atoms with Crippen LogP contribution in [0.25, 0.3) is 0 Å². The van der Waals surface area contributed by atoms with Gasteiger partial charge in [0.25, 0.3) is 0 Å². The number of piperidine rings is 2. The van der Waals surface area contributed by atoms with Crippen molar-refractivity contribution in [1.29, 1.82) is 0 Å². The SMILES string of the molecule is Cc1cc(N2CCCCC2)cc(N2CCCCC2)c1O.Cl.Cl. The van der Waals surface area contributed by atoms with Gasteiger partial charge >= 0.3 is 0 Å². The standard InChI is InChI=1S/C17H26N2O.2ClH/c1-14-12-15(18-8-4-2-5-9-18)13-16(17(14)20)19-10-6-3-7-11-19;;/h12-13,20H,2-11H2,1H3;2*1H. The van der Waals surface area contributed by atoms with E-state index >= 15 is 0 Å². The van der Waals surface area contributed by atoms with Gasteiger partial charge in [0.15, 0.2) is 0 Å². The lowest BCUT2D eigenvalue weighted by Gasteiger charge is -2.33. The zero-order chi connectivity index (χ0) is 13.9. The van der Waals surface area contributed by atoms with E-state index in [9.17, 15) is 5.11 Å². The fourth-order valence-corrected chi connectivity index (χ4v) is 3.45. The third-order valence-corrected chi connectivity index (χ3v) is 4.68. The van der Waals surface area contributed by atoms with Crippen LogP contribution in [0.2, 0.25) is 0 Å². The molecule has 5 heteroatoms. The van der Waals surface area contributed by atoms with Crippen molar-refractivity contribution in [3.05, 3.63) is 17.7 Å². The molecule has 1 aromatic carbocycles. The Morgan fingerprint density at radius 1 is 0.773 bits per heavy atom. The van der Waals surface area contributed by atoms with E-state index in [0.717, 1.165) is 37.4 Å². The summed E-state index contributed by atoms with van der Waals surface area (Å²) in [7, 11) is 0. The highest BCUT2D eigenvalue weighted by atomic mass is 35.5. The predicted octanol–water partition coefficient (Wildman–Crippen LogP) is 4.52. The van der Waals surface area contributed by atoms with Gasteiger partial charge in [0.1, 0.15) is 5.75 Å². The number of halogens is 2. The molecule has 0 unspecified atom stereocenters. The van der Waals surface area contributed by atoms with Crippen molar-refractivity contribution >= 4 is 36.2 Å². The van der Waals surface area contributed by atoms with Gasteiger partial charge in [-0.15, -0.1) is 24.8 Å². The van der Waals surface area contributed by atoms with Crippen LogP contribution in [0.4, 0.5) is 11.4 Å². The summed E-state index contributed by atoms with van der Waals surface area (Å²) in [6.07, 6.45) is 7.74. The molecule has 1 N–H and O–H groups in total. The van der Waals surface area contributed by atoms with E-state index in [1.54, 1.807) is 0 Å². The molecule has 0 spiro atoms. The van der Waals surface area contributed by atoms with Crippen molar-refractivity contribution in [2.24, 2.45) is 0 Å². The summed E-state index contributed by atoms with van der Waals surface area (Å²) < 4.78 is 0. The summed E-state index contributed by atoms with van der Waals surface area (Å²) in [5, 5.41) is 10.4. The van der Waals surface area contributed by atoms with Gasteiger partial charge in [-0.1, -0.05) is 0 Å². The molecule has 0 bridgehead atoms. The molecule has 2 fully saturated rings. The summed E-state index contributed by atoms with van der Waals surface area (Å²) >= 11 is 0. The summed E-state index contributed by atoms with van der Waals surface area (Å²) in [5.41, 5.74) is 3.35. The maximum absolute atomic E-state index is 10.4. The Labute approximate surface area is 146 Å². The Kier molecular flexibility index (Phi) is 7.64. The Balaban J connectivity index is 0.00000121. The van der Waals surface area contributed by atoms with Crippen LogP contribution in [-0.4, -0.2) is 31.3 Å². The second kappa shape index (κ2) is 8.73. The van der Waals surface area contributed by atoms with Crippen molar-refractivity contribution in [1.82, 2.24) is 0 Å². The van der Waals surface area contributed by atoms with Crippen LogP contribution in [0.5, 0.6) is 5.75 Å². The fourth-order valence-electron chi connectivity index (χ4n) is 3.45. The first-order chi connectivity index (χ1) is 9.75. The Bertz CT molecular complexity index is 470. The lowest BCUT2D eigenvalue weighted by Crippen LogP contribution is -2.31. The van der Waals surface area contributed by atoms with Crippen molar-refractivity contribution in [2.45, 2.75) is 45.4 Å². The molecule has 0 aromatic heterocycles. The Hall–Kier alpha value is -0.800. The maximum atomic E-state index is 10.4. The molecule has 126 valence electrons. The number of phenols is 1. The average molecular weight is 347 g/mol. The molecule has 0 aliphatic carbocycles. The molecule has 1 aromatic rings. The highest BCUT2D eigenvalue weighted by molar-refractivity contribution is 5.85. The average Bonchev–Trinajstić information content (AvgIpc) is 2.51. The molecule has 3 nitrogen and oxygen atoms in total. The molecular weight excluding hydrogens is 319 g/mol. The number of hydrogen-bond acceptors (Lipinski definition) is 3. The molecule has 0 radical (unpaired) electrons. The zero-order valence-electron chi connectivity index (χ0n) is 13.4. The van der Waals surface area contributed by atoms with Gasteiger partial charge in [-0.2, -0.15) is 0 Å². The van der Waals surface area contributed by atoms with Gasteiger partial charge < -0.3 is 14.9 Å². The minimum absolute atomic E-state index is 0. The Morgan fingerprint density at radius 3 is 1.82 bits per heavy atom. The van der Waals surface area contributed by atoms with E-state index in [2.05, 4.69) is 21.9 Å². The highest BCUT2D eigenvalue weighted by Crippen LogP contribution is 2.37. The fraction of sp³-hybridized carbons (Fsp3) is 0.647. The van der Waals surface area contributed by atoms with E-state index < -0.39 is 0 Å². The van der Waals surface area contributed by atoms with Crippen LogP contribution in [0.15, 0.2) is 12.1 Å². The number of benzene rings is 1. The monoisotopic (exact) mass is 346 g/mol. The maximum Gasteiger partial charge on any atom is 0.141 e. The van der Waals surface area contributed by atoms with Gasteiger partial charge in [0.05, 0.1) is 5.69 Å². The van der Waals surface area contributed by atoms with Crippen LogP contribution in [0.1, 0.15) is 44.1 Å². The first-order valence-corrected chi connectivity index (χ1v) is 8.09. The molecule has 0 atom stereocenters. The first-order valence-electron chi connectivity index (χ1n) is 8.09. The zero-order valence-corrected chi connectivity index (χ0v) is 15.0. The molecule has 2 aliphatic heterocycles. The quantitative estimate of drug-likeness (QED) is 0.852. The van der Waals surface area contributed by atoms with Crippen molar-refractivity contribution in [3.63, 3.8) is 0 Å². The highest BCUT2D eigenvalue weighted by Gasteiger charge is 2.19. The molecule has 3 rings (SSSR count). The van der Waals surface area contributed by atoms with Gasteiger partial charge in [-0.05, 0) is 63.1 Å². The first kappa shape index (κ1) is 19.2. The molecule has 2 saturated heterocycles. The van der Waals surface area contributed by atoms with Gasteiger partial charge in [0, 0.05) is 31.9 Å². The normalized spacial score (nSPS) is 18.4. The number of aromatic hydroxyl groups is 1. The lowest BCUT2D eigenvalue weighted by atomic mass is 10.1. The summed E-state index contributed by atoms with van der Waals surface area (Å²) in [6, 6.07) is 4.35. The molecule has 0 amide bonds. The number of aryl methyl sites for hydroxylation is 1. The largest absolute Gasteiger partial charge is 0.505 e. The molecule has 2 aliphatic rings. The lowest BCUT2D eigenvalue weighted by molar-refractivity contribution is 0.465. The molecule has 22 heavy (non-hydrogen) atoms. The van der Waals surface area contributed by atoms with E-state index in [0.29, 0.717) is 5.75 Å². The van der Waals surface area contributed by atoms with Gasteiger partial charge in [-0.25, -0.2) is 0 Å². The number of hydrogen-bond donors (Lipinski definition) is 1. The van der Waals surface area contributed by atoms with Crippen LogP contribution in [0, 0.1) is 6.92 Å². The number of phenolic OH excluding ortho intramolecular Hbond substituents is 1. The molecule has 0 saturated carbocycles. The van der Waals surface area contributed by atoms with Gasteiger partial charge in [-0.3, -0.25) is 0 Å². The van der Waals surface area contributed by atoms with Crippen molar-refractivity contribution < 1.29 is 5.11 Å².